The van der Waals surface area contributed by atoms with Crippen molar-refractivity contribution in [1.82, 2.24) is 9.97 Å². The molecule has 0 fully saturated rings. The molecule has 0 aliphatic carbocycles. The van der Waals surface area contributed by atoms with Gasteiger partial charge in [0.15, 0.2) is 0 Å². The Bertz CT molecular complexity index is 674. The Kier molecular flexibility index (Phi) is 3.43. The van der Waals surface area contributed by atoms with Gasteiger partial charge in [0.05, 0.1) is 5.52 Å². The van der Waals surface area contributed by atoms with Crippen molar-refractivity contribution in [3.8, 4) is 0 Å². The minimum atomic E-state index is -0.675. The lowest BCUT2D eigenvalue weighted by Crippen LogP contribution is -2.08. The average molecular weight is 294 g/mol. The molecule has 6 heteroatoms. The van der Waals surface area contributed by atoms with Gasteiger partial charge in [-0.3, -0.25) is 4.99 Å². The van der Waals surface area contributed by atoms with Gasteiger partial charge in [-0.1, -0.05) is 11.6 Å². The number of fused-ring (bicyclic) bond motifs is 1. The van der Waals surface area contributed by atoms with Crippen molar-refractivity contribution in [2.45, 2.75) is 13.0 Å². The molecule has 4 nitrogen and oxygen atoms in total. The van der Waals surface area contributed by atoms with Crippen LogP contribution in [-0.2, 0) is 0 Å². The first kappa shape index (κ1) is 12.8. The predicted octanol–water partition coefficient (Wildman–Crippen LogP) is 2.77. The molecule has 98 valence electrons. The summed E-state index contributed by atoms with van der Waals surface area (Å²) in [7, 11) is 0. The number of benzene rings is 1. The summed E-state index contributed by atoms with van der Waals surface area (Å²) in [4.78, 5) is 12.5. The van der Waals surface area contributed by atoms with Crippen molar-refractivity contribution < 1.29 is 5.11 Å². The average Bonchev–Trinajstić information content (AvgIpc) is 2.92. The summed E-state index contributed by atoms with van der Waals surface area (Å²) in [6.07, 6.45) is 0.753. The van der Waals surface area contributed by atoms with E-state index in [4.69, 9.17) is 11.6 Å². The molecule has 2 heterocycles. The number of aliphatic hydroxyl groups excluding tert-OH is 1. The van der Waals surface area contributed by atoms with Crippen molar-refractivity contribution in [2.24, 2.45) is 4.99 Å². The summed E-state index contributed by atoms with van der Waals surface area (Å²) in [6, 6.07) is 3.78. The Hall–Kier alpha value is -1.17. The number of aliphatic hydroxyl groups is 1. The van der Waals surface area contributed by atoms with Gasteiger partial charge in [-0.15, -0.1) is 11.8 Å². The molecule has 0 spiro atoms. The van der Waals surface area contributed by atoms with E-state index in [1.807, 2.05) is 19.1 Å². The zero-order chi connectivity index (χ0) is 13.4. The van der Waals surface area contributed by atoms with Gasteiger partial charge in [0.1, 0.15) is 22.6 Å². The molecule has 0 saturated heterocycles. The van der Waals surface area contributed by atoms with Gasteiger partial charge in [0.25, 0.3) is 0 Å². The first-order valence-electron chi connectivity index (χ1n) is 5.93. The highest BCUT2D eigenvalue weighted by Crippen LogP contribution is 2.31. The van der Waals surface area contributed by atoms with Gasteiger partial charge < -0.3 is 5.11 Å². The number of thioether (sulfide) groups is 1. The van der Waals surface area contributed by atoms with Crippen LogP contribution in [0.25, 0.3) is 10.9 Å². The molecule has 1 unspecified atom stereocenters. The SMILES string of the molecule is Cc1cc2c(Cl)ncnc2cc1C(O)C1=NCCS1. The normalized spacial score (nSPS) is 16.7. The molecule has 1 aromatic heterocycles. The van der Waals surface area contributed by atoms with E-state index in [-0.39, 0.29) is 0 Å². The van der Waals surface area contributed by atoms with E-state index in [9.17, 15) is 5.11 Å². The molecular weight excluding hydrogens is 282 g/mol. The summed E-state index contributed by atoms with van der Waals surface area (Å²) in [5.74, 6) is 0.938. The second kappa shape index (κ2) is 5.07. The van der Waals surface area contributed by atoms with Gasteiger partial charge in [-0.05, 0) is 30.2 Å². The zero-order valence-electron chi connectivity index (χ0n) is 10.3. The number of hydrogen-bond acceptors (Lipinski definition) is 5. The highest BCUT2D eigenvalue weighted by molar-refractivity contribution is 8.14. The summed E-state index contributed by atoms with van der Waals surface area (Å²) in [6.45, 7) is 2.72. The maximum atomic E-state index is 10.4. The van der Waals surface area contributed by atoms with Crippen LogP contribution in [0, 0.1) is 6.92 Å². The van der Waals surface area contributed by atoms with Crippen molar-refractivity contribution in [2.75, 3.05) is 12.3 Å². The van der Waals surface area contributed by atoms with Crippen LogP contribution >= 0.6 is 23.4 Å². The van der Waals surface area contributed by atoms with Crippen molar-refractivity contribution in [3.05, 3.63) is 34.7 Å². The first-order chi connectivity index (χ1) is 9.16. The van der Waals surface area contributed by atoms with Gasteiger partial charge in [-0.2, -0.15) is 0 Å². The van der Waals surface area contributed by atoms with Crippen LogP contribution in [0.5, 0.6) is 0 Å². The molecule has 0 bridgehead atoms. The number of aliphatic imine (C=N–C) groups is 1. The standard InChI is InChI=1S/C13H12ClN3OS/c1-7-4-9-10(16-6-17-12(9)14)5-8(7)11(18)13-15-2-3-19-13/h4-6,11,18H,2-3H2,1H3. The van der Waals surface area contributed by atoms with Gasteiger partial charge in [0.2, 0.25) is 0 Å². The lowest BCUT2D eigenvalue weighted by atomic mass is 10.0. The van der Waals surface area contributed by atoms with Crippen LogP contribution in [0.2, 0.25) is 5.15 Å². The summed E-state index contributed by atoms with van der Waals surface area (Å²) in [5, 5.41) is 12.4. The monoisotopic (exact) mass is 293 g/mol. The fourth-order valence-corrected chi connectivity index (χ4v) is 3.19. The largest absolute Gasteiger partial charge is 0.381 e. The second-order valence-corrected chi connectivity index (χ2v) is 5.83. The Balaban J connectivity index is 2.11. The van der Waals surface area contributed by atoms with Crippen LogP contribution in [0.1, 0.15) is 17.2 Å². The van der Waals surface area contributed by atoms with Gasteiger partial charge in [0, 0.05) is 17.7 Å². The Morgan fingerprint density at radius 3 is 2.95 bits per heavy atom. The van der Waals surface area contributed by atoms with Crippen LogP contribution in [-0.4, -0.2) is 32.4 Å². The van der Waals surface area contributed by atoms with Gasteiger partial charge in [-0.25, -0.2) is 9.97 Å². The number of rotatable bonds is 2. The van der Waals surface area contributed by atoms with E-state index in [1.54, 1.807) is 11.8 Å². The topological polar surface area (TPSA) is 58.4 Å². The lowest BCUT2D eigenvalue weighted by Gasteiger charge is -2.14. The van der Waals surface area contributed by atoms with Crippen LogP contribution in [0.15, 0.2) is 23.5 Å². The molecular formula is C13H12ClN3OS. The van der Waals surface area contributed by atoms with E-state index >= 15 is 0 Å². The maximum absolute atomic E-state index is 10.4. The van der Waals surface area contributed by atoms with Crippen molar-refractivity contribution in [1.29, 1.82) is 0 Å². The third-order valence-electron chi connectivity index (χ3n) is 3.11. The van der Waals surface area contributed by atoms with Crippen LogP contribution in [0.3, 0.4) is 0 Å². The highest BCUT2D eigenvalue weighted by Gasteiger charge is 2.21. The fraction of sp³-hybridized carbons (Fsp3) is 0.308. The highest BCUT2D eigenvalue weighted by atomic mass is 35.5. The van der Waals surface area contributed by atoms with Crippen molar-refractivity contribution >= 4 is 39.3 Å². The number of hydrogen-bond donors (Lipinski definition) is 1. The number of halogens is 1. The molecule has 1 aliphatic rings. The maximum Gasteiger partial charge on any atom is 0.140 e. The Morgan fingerprint density at radius 1 is 1.37 bits per heavy atom. The molecule has 19 heavy (non-hydrogen) atoms. The Morgan fingerprint density at radius 2 is 2.21 bits per heavy atom. The van der Waals surface area contributed by atoms with Gasteiger partial charge >= 0.3 is 0 Å². The van der Waals surface area contributed by atoms with E-state index in [0.29, 0.717) is 5.15 Å². The van der Waals surface area contributed by atoms with Crippen molar-refractivity contribution in [3.63, 3.8) is 0 Å². The fourth-order valence-electron chi connectivity index (χ4n) is 2.14. The number of aromatic nitrogens is 2. The third-order valence-corrected chi connectivity index (χ3v) is 4.45. The molecule has 2 aromatic rings. The lowest BCUT2D eigenvalue weighted by molar-refractivity contribution is 0.250. The smallest absolute Gasteiger partial charge is 0.140 e. The quantitative estimate of drug-likeness (QED) is 0.865. The van der Waals surface area contributed by atoms with E-state index in [0.717, 1.165) is 39.4 Å². The number of aryl methyl sites for hydroxylation is 1. The molecule has 3 rings (SSSR count). The Labute approximate surface area is 119 Å². The third kappa shape index (κ3) is 2.33. The molecule has 1 aliphatic heterocycles. The first-order valence-corrected chi connectivity index (χ1v) is 7.29. The predicted molar refractivity (Wildman–Crippen MR) is 79.0 cm³/mol. The zero-order valence-corrected chi connectivity index (χ0v) is 11.9. The summed E-state index contributed by atoms with van der Waals surface area (Å²) in [5.41, 5.74) is 2.53. The molecule has 0 saturated carbocycles. The second-order valence-electron chi connectivity index (χ2n) is 4.36. The minimum absolute atomic E-state index is 0.432. The molecule has 1 N–H and O–H groups in total. The van der Waals surface area contributed by atoms with Crippen LogP contribution < -0.4 is 0 Å². The molecule has 0 amide bonds. The molecule has 0 radical (unpaired) electrons. The van der Waals surface area contributed by atoms with Crippen LogP contribution in [0.4, 0.5) is 0 Å². The molecule has 1 atom stereocenters. The molecule has 1 aromatic carbocycles. The van der Waals surface area contributed by atoms with E-state index in [2.05, 4.69) is 15.0 Å². The number of nitrogens with zero attached hydrogens (tertiary/aromatic N) is 3. The summed E-state index contributed by atoms with van der Waals surface area (Å²) >= 11 is 7.65. The van der Waals surface area contributed by atoms with E-state index < -0.39 is 6.10 Å². The van der Waals surface area contributed by atoms with E-state index in [1.165, 1.54) is 6.33 Å². The minimum Gasteiger partial charge on any atom is -0.381 e. The summed E-state index contributed by atoms with van der Waals surface area (Å²) < 4.78 is 0.